The number of hydrogen-bond acceptors (Lipinski definition) is 1. The van der Waals surface area contributed by atoms with Gasteiger partial charge in [-0.3, -0.25) is 0 Å². The molecule has 0 atom stereocenters. The molecule has 1 aromatic heterocycles. The summed E-state index contributed by atoms with van der Waals surface area (Å²) in [6.45, 7) is 4.73. The predicted octanol–water partition coefficient (Wildman–Crippen LogP) is 12.7. The molecule has 0 saturated heterocycles. The van der Waals surface area contributed by atoms with Gasteiger partial charge in [-0.15, -0.1) is 0 Å². The molecule has 1 heterocycles. The van der Waals surface area contributed by atoms with Gasteiger partial charge in [0.15, 0.2) is 0 Å². The summed E-state index contributed by atoms with van der Waals surface area (Å²) in [4.78, 5) is 0. The second-order valence-corrected chi connectivity index (χ2v) is 13.3. The van der Waals surface area contributed by atoms with Crippen LogP contribution in [-0.2, 0) is 5.41 Å². The Hall–Kier alpha value is -5.66. The maximum atomic E-state index is 6.21. The van der Waals surface area contributed by atoms with Crippen LogP contribution < -0.4 is 0 Å². The van der Waals surface area contributed by atoms with Crippen molar-refractivity contribution in [1.82, 2.24) is 0 Å². The van der Waals surface area contributed by atoms with Crippen LogP contribution in [0.2, 0.25) is 0 Å². The fourth-order valence-electron chi connectivity index (χ4n) is 8.21. The quantitative estimate of drug-likeness (QED) is 0.184. The third-order valence-corrected chi connectivity index (χ3v) is 10.4. The van der Waals surface area contributed by atoms with Crippen LogP contribution in [0.5, 0.6) is 0 Å². The average molecular weight is 587 g/mol. The van der Waals surface area contributed by atoms with Gasteiger partial charge in [0.05, 0.1) is 0 Å². The van der Waals surface area contributed by atoms with E-state index in [9.17, 15) is 0 Å². The van der Waals surface area contributed by atoms with Gasteiger partial charge in [-0.1, -0.05) is 123 Å². The summed E-state index contributed by atoms with van der Waals surface area (Å²) in [5.41, 5.74) is 12.2. The summed E-state index contributed by atoms with van der Waals surface area (Å²) < 4.78 is 6.21. The molecule has 10 rings (SSSR count). The van der Waals surface area contributed by atoms with Gasteiger partial charge in [0.2, 0.25) is 0 Å². The maximum Gasteiger partial charge on any atom is 0.136 e. The number of furan rings is 1. The van der Waals surface area contributed by atoms with Crippen LogP contribution in [-0.4, -0.2) is 0 Å². The zero-order valence-electron chi connectivity index (χ0n) is 25.8. The average Bonchev–Trinajstić information content (AvgIpc) is 3.60. The lowest BCUT2D eigenvalue weighted by Crippen LogP contribution is -2.14. The van der Waals surface area contributed by atoms with E-state index in [2.05, 4.69) is 147 Å². The van der Waals surface area contributed by atoms with Gasteiger partial charge in [-0.2, -0.15) is 0 Å². The van der Waals surface area contributed by atoms with Crippen LogP contribution >= 0.6 is 0 Å². The Morgan fingerprint density at radius 2 is 0.978 bits per heavy atom. The van der Waals surface area contributed by atoms with Gasteiger partial charge >= 0.3 is 0 Å². The lowest BCUT2D eigenvalue weighted by Gasteiger charge is -2.22. The Morgan fingerprint density at radius 1 is 0.370 bits per heavy atom. The van der Waals surface area contributed by atoms with E-state index in [1.807, 2.05) is 12.1 Å². The molecule has 0 aliphatic heterocycles. The van der Waals surface area contributed by atoms with Crippen LogP contribution in [0.4, 0.5) is 0 Å². The molecule has 0 fully saturated rings. The largest absolute Gasteiger partial charge is 0.456 e. The number of para-hydroxylation sites is 1. The first-order valence-electron chi connectivity index (χ1n) is 16.1. The molecule has 0 saturated carbocycles. The third-order valence-electron chi connectivity index (χ3n) is 10.4. The van der Waals surface area contributed by atoms with E-state index < -0.39 is 0 Å². The van der Waals surface area contributed by atoms with E-state index in [-0.39, 0.29) is 5.41 Å². The van der Waals surface area contributed by atoms with Gasteiger partial charge in [-0.25, -0.2) is 0 Å². The predicted molar refractivity (Wildman–Crippen MR) is 195 cm³/mol. The molecule has 1 heteroatoms. The summed E-state index contributed by atoms with van der Waals surface area (Å²) in [5.74, 6) is 0. The van der Waals surface area contributed by atoms with Crippen molar-refractivity contribution in [1.29, 1.82) is 0 Å². The van der Waals surface area contributed by atoms with Crippen molar-refractivity contribution >= 4 is 54.3 Å². The molecule has 1 nitrogen and oxygen atoms in total. The van der Waals surface area contributed by atoms with E-state index in [1.54, 1.807) is 0 Å². The van der Waals surface area contributed by atoms with E-state index >= 15 is 0 Å². The summed E-state index contributed by atoms with van der Waals surface area (Å²) >= 11 is 0. The van der Waals surface area contributed by atoms with Crippen LogP contribution in [0.1, 0.15) is 25.0 Å². The van der Waals surface area contributed by atoms with Gasteiger partial charge in [0.25, 0.3) is 0 Å². The summed E-state index contributed by atoms with van der Waals surface area (Å²) in [6.07, 6.45) is 0. The zero-order chi connectivity index (χ0) is 30.6. The van der Waals surface area contributed by atoms with Gasteiger partial charge in [-0.05, 0) is 113 Å². The van der Waals surface area contributed by atoms with Gasteiger partial charge in [0, 0.05) is 16.2 Å². The van der Waals surface area contributed by atoms with E-state index in [1.165, 1.54) is 82.2 Å². The third kappa shape index (κ3) is 3.46. The van der Waals surface area contributed by atoms with Crippen molar-refractivity contribution in [3.63, 3.8) is 0 Å². The molecule has 1 aliphatic carbocycles. The molecule has 0 unspecified atom stereocenters. The van der Waals surface area contributed by atoms with Gasteiger partial charge < -0.3 is 4.42 Å². The first-order chi connectivity index (χ1) is 22.6. The first kappa shape index (κ1) is 25.6. The van der Waals surface area contributed by atoms with Crippen LogP contribution in [0.3, 0.4) is 0 Å². The Balaban J connectivity index is 1.19. The van der Waals surface area contributed by atoms with Crippen molar-refractivity contribution in [2.24, 2.45) is 0 Å². The van der Waals surface area contributed by atoms with E-state index in [0.29, 0.717) is 0 Å². The smallest absolute Gasteiger partial charge is 0.136 e. The second-order valence-electron chi connectivity index (χ2n) is 13.3. The molecule has 0 spiro atoms. The maximum absolute atomic E-state index is 6.21. The SMILES string of the molecule is CC1(C)c2ccccc2-c2cc3c4ccccc4c4cc(-c5cccc(-c6cccc7oc8ccccc8c67)c5)ccc4c3cc21. The fourth-order valence-corrected chi connectivity index (χ4v) is 8.21. The van der Waals surface area contributed by atoms with Crippen molar-refractivity contribution in [3.8, 4) is 33.4 Å². The molecule has 0 amide bonds. The number of benzene rings is 8. The Morgan fingerprint density at radius 3 is 1.85 bits per heavy atom. The molecule has 8 aromatic carbocycles. The molecule has 0 radical (unpaired) electrons. The standard InChI is InChI=1S/C45H30O/c1-45(2)40-18-7-5-15-34(40)39-25-37-32-14-4-3-13-31(32)36-24-28(21-22-33(36)38(37)26-41(39)45)27-11-9-12-29(23-27)30-17-10-20-43-44(30)35-16-6-8-19-42(35)46-43/h3-26H,1-2H3. The minimum Gasteiger partial charge on any atom is -0.456 e. The lowest BCUT2D eigenvalue weighted by atomic mass is 9.81. The molecule has 1 aliphatic rings. The van der Waals surface area contributed by atoms with Crippen molar-refractivity contribution in [2.45, 2.75) is 19.3 Å². The number of hydrogen-bond donors (Lipinski definition) is 0. The Kier molecular flexibility index (Phi) is 5.12. The van der Waals surface area contributed by atoms with Crippen molar-refractivity contribution < 1.29 is 4.42 Å². The van der Waals surface area contributed by atoms with Crippen molar-refractivity contribution in [3.05, 3.63) is 157 Å². The molecule has 0 bridgehead atoms. The summed E-state index contributed by atoms with van der Waals surface area (Å²) in [6, 6.07) is 53.5. The highest BCUT2D eigenvalue weighted by Gasteiger charge is 2.35. The monoisotopic (exact) mass is 586 g/mol. The highest BCUT2D eigenvalue weighted by Crippen LogP contribution is 2.51. The second kappa shape index (κ2) is 9.19. The molecule has 216 valence electrons. The van der Waals surface area contributed by atoms with E-state index in [4.69, 9.17) is 4.42 Å². The number of fused-ring (bicyclic) bond motifs is 12. The van der Waals surface area contributed by atoms with Crippen LogP contribution in [0.25, 0.3) is 87.6 Å². The number of rotatable bonds is 2. The highest BCUT2D eigenvalue weighted by molar-refractivity contribution is 6.26. The normalized spacial score (nSPS) is 13.6. The molecule has 0 N–H and O–H groups in total. The molecular weight excluding hydrogens is 556 g/mol. The first-order valence-corrected chi connectivity index (χ1v) is 16.1. The fraction of sp³-hybridized carbons (Fsp3) is 0.0667. The van der Waals surface area contributed by atoms with Crippen LogP contribution in [0.15, 0.2) is 150 Å². The Bertz CT molecular complexity index is 2720. The van der Waals surface area contributed by atoms with Crippen LogP contribution in [0, 0.1) is 0 Å². The lowest BCUT2D eigenvalue weighted by molar-refractivity contribution is 0.661. The molecule has 9 aromatic rings. The summed E-state index contributed by atoms with van der Waals surface area (Å²) in [7, 11) is 0. The molecule has 46 heavy (non-hydrogen) atoms. The molecular formula is C45H30O. The van der Waals surface area contributed by atoms with E-state index in [0.717, 1.165) is 16.6 Å². The summed E-state index contributed by atoms with van der Waals surface area (Å²) in [5, 5.41) is 10.2. The minimum atomic E-state index is -0.0400. The van der Waals surface area contributed by atoms with Gasteiger partial charge in [0.1, 0.15) is 11.2 Å². The topological polar surface area (TPSA) is 13.1 Å². The highest BCUT2D eigenvalue weighted by atomic mass is 16.3. The zero-order valence-corrected chi connectivity index (χ0v) is 25.8. The van der Waals surface area contributed by atoms with Crippen molar-refractivity contribution in [2.75, 3.05) is 0 Å². The Labute approximate surface area is 267 Å². The minimum absolute atomic E-state index is 0.0400.